The van der Waals surface area contributed by atoms with E-state index in [0.29, 0.717) is 10.8 Å². The molecule has 2 aromatic rings. The first-order chi connectivity index (χ1) is 10.0. The summed E-state index contributed by atoms with van der Waals surface area (Å²) in [6, 6.07) is 6.05. The molecule has 0 saturated heterocycles. The van der Waals surface area contributed by atoms with E-state index in [1.165, 1.54) is 18.3 Å². The molecule has 21 heavy (non-hydrogen) atoms. The quantitative estimate of drug-likeness (QED) is 0.822. The molecule has 0 fully saturated rings. The Kier molecular flexibility index (Phi) is 5.56. The lowest BCUT2D eigenvalue weighted by Gasteiger charge is -2.22. The van der Waals surface area contributed by atoms with Crippen molar-refractivity contribution in [1.29, 1.82) is 0 Å². The first-order valence-electron chi connectivity index (χ1n) is 6.62. The van der Waals surface area contributed by atoms with Crippen LogP contribution in [0.3, 0.4) is 0 Å². The molecule has 0 aliphatic rings. The Hall–Kier alpha value is -1.17. The van der Waals surface area contributed by atoms with Crippen molar-refractivity contribution >= 4 is 33.3 Å². The van der Waals surface area contributed by atoms with E-state index >= 15 is 0 Å². The van der Waals surface area contributed by atoms with Crippen molar-refractivity contribution in [2.75, 3.05) is 12.3 Å². The van der Waals surface area contributed by atoms with E-state index in [2.05, 4.69) is 33.2 Å². The van der Waals surface area contributed by atoms with Gasteiger partial charge < -0.3 is 11.1 Å². The average molecular weight is 373 g/mol. The fraction of sp³-hybridized carbons (Fsp3) is 0.267. The van der Waals surface area contributed by atoms with Crippen molar-refractivity contribution in [1.82, 2.24) is 10.3 Å². The minimum atomic E-state index is -0.301. The van der Waals surface area contributed by atoms with Crippen LogP contribution in [0.2, 0.25) is 5.02 Å². The van der Waals surface area contributed by atoms with Gasteiger partial charge in [0.1, 0.15) is 11.6 Å². The molecule has 0 aliphatic carbocycles. The van der Waals surface area contributed by atoms with E-state index in [0.717, 1.165) is 28.6 Å². The molecule has 6 heteroatoms. The summed E-state index contributed by atoms with van der Waals surface area (Å²) in [7, 11) is 0. The molecule has 3 nitrogen and oxygen atoms in total. The SMILES string of the molecule is CCCNC(c1cc(F)ccc1Br)c1cc(Cl)cnc1N. The topological polar surface area (TPSA) is 50.9 Å². The first-order valence-corrected chi connectivity index (χ1v) is 7.79. The summed E-state index contributed by atoms with van der Waals surface area (Å²) in [5.41, 5.74) is 7.47. The number of nitrogens with zero attached hydrogens (tertiary/aromatic N) is 1. The van der Waals surface area contributed by atoms with Gasteiger partial charge in [-0.05, 0) is 42.8 Å². The molecule has 3 N–H and O–H groups in total. The van der Waals surface area contributed by atoms with Crippen molar-refractivity contribution in [2.45, 2.75) is 19.4 Å². The van der Waals surface area contributed by atoms with Crippen LogP contribution < -0.4 is 11.1 Å². The molecule has 1 aromatic carbocycles. The normalized spacial score (nSPS) is 12.4. The Morgan fingerprint density at radius 3 is 2.86 bits per heavy atom. The van der Waals surface area contributed by atoms with E-state index in [9.17, 15) is 4.39 Å². The number of nitrogens with two attached hydrogens (primary N) is 1. The number of hydrogen-bond acceptors (Lipinski definition) is 3. The summed E-state index contributed by atoms with van der Waals surface area (Å²) >= 11 is 9.48. The second kappa shape index (κ2) is 7.20. The summed E-state index contributed by atoms with van der Waals surface area (Å²) in [6.45, 7) is 2.82. The second-order valence-electron chi connectivity index (χ2n) is 4.68. The standard InChI is InChI=1S/C15H16BrClFN3/c1-2-5-20-14(11-7-10(18)3-4-13(11)16)12-6-9(17)8-21-15(12)19/h3-4,6-8,14,20H,2,5H2,1H3,(H2,19,21). The molecule has 0 saturated carbocycles. The molecule has 1 aromatic heterocycles. The van der Waals surface area contributed by atoms with Crippen LogP contribution in [0.5, 0.6) is 0 Å². The number of rotatable bonds is 5. The summed E-state index contributed by atoms with van der Waals surface area (Å²) in [5, 5.41) is 3.86. The minimum Gasteiger partial charge on any atom is -0.383 e. The maximum absolute atomic E-state index is 13.6. The van der Waals surface area contributed by atoms with Crippen molar-refractivity contribution in [3.63, 3.8) is 0 Å². The number of nitrogen functional groups attached to an aromatic ring is 1. The number of halogens is 3. The Labute approximate surface area is 136 Å². The molecule has 0 radical (unpaired) electrons. The number of aromatic nitrogens is 1. The molecule has 1 atom stereocenters. The number of benzene rings is 1. The monoisotopic (exact) mass is 371 g/mol. The van der Waals surface area contributed by atoms with Gasteiger partial charge in [-0.1, -0.05) is 34.5 Å². The number of hydrogen-bond donors (Lipinski definition) is 2. The molecular formula is C15H16BrClFN3. The van der Waals surface area contributed by atoms with Gasteiger partial charge >= 0.3 is 0 Å². The lowest BCUT2D eigenvalue weighted by molar-refractivity contribution is 0.583. The van der Waals surface area contributed by atoms with Crippen LogP contribution in [0, 0.1) is 5.82 Å². The third kappa shape index (κ3) is 3.93. The van der Waals surface area contributed by atoms with Crippen molar-refractivity contribution in [2.24, 2.45) is 0 Å². The highest BCUT2D eigenvalue weighted by atomic mass is 79.9. The highest BCUT2D eigenvalue weighted by molar-refractivity contribution is 9.10. The summed E-state index contributed by atoms with van der Waals surface area (Å²) in [4.78, 5) is 4.08. The summed E-state index contributed by atoms with van der Waals surface area (Å²) in [6.07, 6.45) is 2.44. The Morgan fingerprint density at radius 2 is 2.14 bits per heavy atom. The predicted molar refractivity (Wildman–Crippen MR) is 87.9 cm³/mol. The average Bonchev–Trinajstić information content (AvgIpc) is 2.46. The Bertz CT molecular complexity index is 585. The molecular weight excluding hydrogens is 357 g/mol. The van der Waals surface area contributed by atoms with E-state index in [1.807, 2.05) is 0 Å². The fourth-order valence-corrected chi connectivity index (χ4v) is 2.75. The molecule has 0 amide bonds. The van der Waals surface area contributed by atoms with Crippen molar-refractivity contribution in [3.8, 4) is 0 Å². The molecule has 112 valence electrons. The maximum atomic E-state index is 13.6. The first kappa shape index (κ1) is 16.2. The van der Waals surface area contributed by atoms with Crippen LogP contribution in [0.15, 0.2) is 34.9 Å². The molecule has 0 bridgehead atoms. The smallest absolute Gasteiger partial charge is 0.128 e. The van der Waals surface area contributed by atoms with Crippen LogP contribution in [0.1, 0.15) is 30.5 Å². The highest BCUT2D eigenvalue weighted by Crippen LogP contribution is 2.32. The summed E-state index contributed by atoms with van der Waals surface area (Å²) < 4.78 is 14.4. The van der Waals surface area contributed by atoms with Gasteiger partial charge in [0.15, 0.2) is 0 Å². The zero-order chi connectivity index (χ0) is 15.4. The molecule has 0 spiro atoms. The van der Waals surface area contributed by atoms with Crippen LogP contribution in [0.25, 0.3) is 0 Å². The predicted octanol–water partition coefficient (Wildman–Crippen LogP) is 4.31. The number of pyridine rings is 1. The molecule has 0 aliphatic heterocycles. The van der Waals surface area contributed by atoms with Gasteiger partial charge in [0.05, 0.1) is 11.1 Å². The van der Waals surface area contributed by atoms with Crippen molar-refractivity contribution < 1.29 is 4.39 Å². The molecule has 1 unspecified atom stereocenters. The minimum absolute atomic E-state index is 0.277. The van der Waals surface area contributed by atoms with Gasteiger partial charge in [-0.25, -0.2) is 9.37 Å². The number of anilines is 1. The maximum Gasteiger partial charge on any atom is 0.128 e. The molecule has 2 rings (SSSR count). The van der Waals surface area contributed by atoms with Gasteiger partial charge in [-0.2, -0.15) is 0 Å². The van der Waals surface area contributed by atoms with Gasteiger partial charge in [0.25, 0.3) is 0 Å². The third-order valence-corrected chi connectivity index (χ3v) is 4.02. The van der Waals surface area contributed by atoms with E-state index in [4.69, 9.17) is 17.3 Å². The van der Waals surface area contributed by atoms with Gasteiger partial charge in [-0.3, -0.25) is 0 Å². The third-order valence-electron chi connectivity index (χ3n) is 3.09. The van der Waals surface area contributed by atoms with Crippen LogP contribution >= 0.6 is 27.5 Å². The van der Waals surface area contributed by atoms with Gasteiger partial charge in [0.2, 0.25) is 0 Å². The van der Waals surface area contributed by atoms with E-state index in [-0.39, 0.29) is 11.9 Å². The van der Waals surface area contributed by atoms with Crippen LogP contribution in [0.4, 0.5) is 10.2 Å². The largest absolute Gasteiger partial charge is 0.383 e. The molecule has 1 heterocycles. The van der Waals surface area contributed by atoms with E-state index in [1.54, 1.807) is 12.1 Å². The lowest BCUT2D eigenvalue weighted by Crippen LogP contribution is -2.25. The highest BCUT2D eigenvalue weighted by Gasteiger charge is 2.20. The zero-order valence-corrected chi connectivity index (χ0v) is 13.9. The fourth-order valence-electron chi connectivity index (χ4n) is 2.11. The summed E-state index contributed by atoms with van der Waals surface area (Å²) in [5.74, 6) is 0.0780. The zero-order valence-electron chi connectivity index (χ0n) is 11.5. The Morgan fingerprint density at radius 1 is 1.38 bits per heavy atom. The lowest BCUT2D eigenvalue weighted by atomic mass is 9.99. The Balaban J connectivity index is 2.52. The van der Waals surface area contributed by atoms with E-state index < -0.39 is 0 Å². The van der Waals surface area contributed by atoms with Gasteiger partial charge in [-0.15, -0.1) is 0 Å². The van der Waals surface area contributed by atoms with Crippen molar-refractivity contribution in [3.05, 3.63) is 56.9 Å². The van der Waals surface area contributed by atoms with Crippen LogP contribution in [-0.2, 0) is 0 Å². The van der Waals surface area contributed by atoms with Gasteiger partial charge in [0, 0.05) is 16.2 Å². The van der Waals surface area contributed by atoms with Crippen LogP contribution in [-0.4, -0.2) is 11.5 Å². The number of nitrogens with one attached hydrogen (secondary N) is 1. The second-order valence-corrected chi connectivity index (χ2v) is 5.97.